The van der Waals surface area contributed by atoms with Gasteiger partial charge in [0.1, 0.15) is 5.56 Å². The fourth-order valence-corrected chi connectivity index (χ4v) is 2.53. The first-order valence-corrected chi connectivity index (χ1v) is 7.76. The molecule has 6 nitrogen and oxygen atoms in total. The Kier molecular flexibility index (Phi) is 4.49. The number of carbonyl (C=O) groups is 1. The lowest BCUT2D eigenvalue weighted by molar-refractivity contribution is -0.141. The van der Waals surface area contributed by atoms with Crippen LogP contribution >= 0.6 is 11.6 Å². The number of rotatable bonds is 3. The molecule has 0 aliphatic carbocycles. The lowest BCUT2D eigenvalue weighted by Crippen LogP contribution is -2.20. The highest BCUT2D eigenvalue weighted by Crippen LogP contribution is 2.30. The number of ether oxygens (including phenoxy) is 1. The van der Waals surface area contributed by atoms with E-state index in [4.69, 9.17) is 16.3 Å². The van der Waals surface area contributed by atoms with Gasteiger partial charge in [-0.05, 0) is 19.1 Å². The molecule has 2 heterocycles. The molecular formula is C16H11ClF3N3O3. The van der Waals surface area contributed by atoms with Gasteiger partial charge in [-0.2, -0.15) is 13.2 Å². The van der Waals surface area contributed by atoms with Crippen molar-refractivity contribution in [2.75, 3.05) is 6.61 Å². The molecule has 10 heteroatoms. The van der Waals surface area contributed by atoms with Crippen LogP contribution in [0.5, 0.6) is 0 Å². The number of aromatic nitrogens is 3. The average Bonchev–Trinajstić information content (AvgIpc) is 2.95. The number of alkyl halides is 3. The van der Waals surface area contributed by atoms with Crippen LogP contribution < -0.4 is 5.56 Å². The maximum absolute atomic E-state index is 13.0. The summed E-state index contributed by atoms with van der Waals surface area (Å²) in [5.74, 6) is -0.901. The Labute approximate surface area is 149 Å². The van der Waals surface area contributed by atoms with Crippen LogP contribution in [0.2, 0.25) is 5.02 Å². The Morgan fingerprint density at radius 1 is 1.31 bits per heavy atom. The molecular weight excluding hydrogens is 375 g/mol. The summed E-state index contributed by atoms with van der Waals surface area (Å²) < 4.78 is 44.7. The molecule has 0 unspecified atom stereocenters. The third-order valence-electron chi connectivity index (χ3n) is 3.52. The summed E-state index contributed by atoms with van der Waals surface area (Å²) in [5, 5.41) is 3.04. The van der Waals surface area contributed by atoms with Gasteiger partial charge in [-0.15, -0.1) is 0 Å². The smallest absolute Gasteiger partial charge is 0.433 e. The summed E-state index contributed by atoms with van der Waals surface area (Å²) in [6.45, 7) is 1.55. The second-order valence-corrected chi connectivity index (χ2v) is 5.66. The van der Waals surface area contributed by atoms with Crippen LogP contribution in [0, 0.1) is 0 Å². The van der Waals surface area contributed by atoms with Crippen molar-refractivity contribution in [2.45, 2.75) is 13.1 Å². The second kappa shape index (κ2) is 6.49. The number of H-pyrrole nitrogens is 1. The number of nitrogens with one attached hydrogen (secondary N) is 1. The number of benzene rings is 1. The molecule has 0 spiro atoms. The molecule has 0 saturated heterocycles. The molecule has 0 radical (unpaired) electrons. The van der Waals surface area contributed by atoms with Gasteiger partial charge < -0.3 is 4.74 Å². The number of hydrogen-bond acceptors (Lipinski definition) is 4. The third kappa shape index (κ3) is 3.17. The Balaban J connectivity index is 2.35. The van der Waals surface area contributed by atoms with Gasteiger partial charge >= 0.3 is 12.1 Å². The quantitative estimate of drug-likeness (QED) is 0.700. The van der Waals surface area contributed by atoms with Crippen molar-refractivity contribution >= 4 is 23.2 Å². The van der Waals surface area contributed by atoms with E-state index < -0.39 is 29.0 Å². The zero-order chi connectivity index (χ0) is 19.1. The zero-order valence-electron chi connectivity index (χ0n) is 13.2. The lowest BCUT2D eigenvalue weighted by atomic mass is 10.1. The molecule has 26 heavy (non-hydrogen) atoms. The first-order chi connectivity index (χ1) is 12.2. The van der Waals surface area contributed by atoms with E-state index in [1.54, 1.807) is 19.1 Å². The number of esters is 1. The molecule has 3 rings (SSSR count). The highest BCUT2D eigenvalue weighted by molar-refractivity contribution is 6.30. The zero-order valence-corrected chi connectivity index (χ0v) is 14.0. The van der Waals surface area contributed by atoms with Gasteiger partial charge in [0.25, 0.3) is 5.56 Å². The van der Waals surface area contributed by atoms with Crippen molar-refractivity contribution in [1.82, 2.24) is 14.6 Å². The molecule has 2 aromatic heterocycles. The van der Waals surface area contributed by atoms with Crippen LogP contribution in [0.4, 0.5) is 13.2 Å². The first kappa shape index (κ1) is 18.0. The Morgan fingerprint density at radius 3 is 2.54 bits per heavy atom. The van der Waals surface area contributed by atoms with Crippen molar-refractivity contribution in [1.29, 1.82) is 0 Å². The van der Waals surface area contributed by atoms with Crippen molar-refractivity contribution in [3.63, 3.8) is 0 Å². The van der Waals surface area contributed by atoms with Gasteiger partial charge in [-0.1, -0.05) is 23.7 Å². The predicted molar refractivity (Wildman–Crippen MR) is 87.2 cm³/mol. The number of aromatic amines is 1. The van der Waals surface area contributed by atoms with Crippen LogP contribution in [0.15, 0.2) is 35.1 Å². The Morgan fingerprint density at radius 2 is 1.96 bits per heavy atom. The SMILES string of the molecule is CCOC(=O)c1c(-c2ccc(Cl)cc2)[nH]n2c(=O)cc(C(F)(F)F)nc12. The highest BCUT2D eigenvalue weighted by Gasteiger charge is 2.35. The largest absolute Gasteiger partial charge is 0.462 e. The van der Waals surface area contributed by atoms with E-state index >= 15 is 0 Å². The minimum absolute atomic E-state index is 0.000571. The lowest BCUT2D eigenvalue weighted by Gasteiger charge is -2.06. The molecule has 0 saturated carbocycles. The fraction of sp³-hybridized carbons (Fsp3) is 0.188. The molecule has 0 aliphatic rings. The van der Waals surface area contributed by atoms with E-state index in [1.807, 2.05) is 0 Å². The van der Waals surface area contributed by atoms with E-state index in [-0.39, 0.29) is 17.9 Å². The molecule has 0 amide bonds. The average molecular weight is 386 g/mol. The number of carbonyl (C=O) groups excluding carboxylic acids is 1. The molecule has 1 aromatic carbocycles. The van der Waals surface area contributed by atoms with Gasteiger partial charge in [0.15, 0.2) is 11.3 Å². The van der Waals surface area contributed by atoms with Crippen LogP contribution in [0.1, 0.15) is 23.0 Å². The molecule has 0 atom stereocenters. The van der Waals surface area contributed by atoms with Crippen LogP contribution in [-0.4, -0.2) is 27.2 Å². The minimum Gasteiger partial charge on any atom is -0.462 e. The first-order valence-electron chi connectivity index (χ1n) is 7.38. The van der Waals surface area contributed by atoms with Gasteiger partial charge in [0.05, 0.1) is 12.3 Å². The summed E-state index contributed by atoms with van der Waals surface area (Å²) in [6.07, 6.45) is -4.84. The monoisotopic (exact) mass is 385 g/mol. The van der Waals surface area contributed by atoms with Gasteiger partial charge in [-0.3, -0.25) is 9.89 Å². The van der Waals surface area contributed by atoms with Crippen molar-refractivity contribution in [2.24, 2.45) is 0 Å². The summed E-state index contributed by atoms with van der Waals surface area (Å²) >= 11 is 5.83. The van der Waals surface area contributed by atoms with Crippen LogP contribution in [0.25, 0.3) is 16.9 Å². The van der Waals surface area contributed by atoms with Crippen molar-refractivity contribution < 1.29 is 22.7 Å². The number of halogens is 4. The van der Waals surface area contributed by atoms with Gasteiger partial charge in [0.2, 0.25) is 0 Å². The molecule has 1 N–H and O–H groups in total. The molecule has 136 valence electrons. The van der Waals surface area contributed by atoms with E-state index in [1.165, 1.54) is 12.1 Å². The molecule has 0 bridgehead atoms. The highest BCUT2D eigenvalue weighted by atomic mass is 35.5. The standard InChI is InChI=1S/C16H11ClF3N3O3/c1-2-26-15(25)12-13(8-3-5-9(17)6-4-8)22-23-11(24)7-10(16(18,19)20)21-14(12)23/h3-7,22H,2H2,1H3. The van der Waals surface area contributed by atoms with E-state index in [2.05, 4.69) is 10.1 Å². The molecule has 0 fully saturated rings. The van der Waals surface area contributed by atoms with E-state index in [0.29, 0.717) is 16.7 Å². The Bertz CT molecular complexity index is 1040. The topological polar surface area (TPSA) is 76.5 Å². The van der Waals surface area contributed by atoms with Crippen molar-refractivity contribution in [3.8, 4) is 11.3 Å². The van der Waals surface area contributed by atoms with Crippen LogP contribution in [-0.2, 0) is 10.9 Å². The Hall–Kier alpha value is -2.81. The minimum atomic E-state index is -4.84. The predicted octanol–water partition coefficient (Wildman–Crippen LogP) is 3.54. The summed E-state index contributed by atoms with van der Waals surface area (Å²) in [7, 11) is 0. The number of fused-ring (bicyclic) bond motifs is 1. The number of hydrogen-bond donors (Lipinski definition) is 1. The maximum Gasteiger partial charge on any atom is 0.433 e. The number of nitrogens with zero attached hydrogens (tertiary/aromatic N) is 2. The van der Waals surface area contributed by atoms with Crippen LogP contribution in [0.3, 0.4) is 0 Å². The van der Waals surface area contributed by atoms with E-state index in [9.17, 15) is 22.8 Å². The van der Waals surface area contributed by atoms with E-state index in [0.717, 1.165) is 4.52 Å². The molecule has 3 aromatic rings. The molecule has 0 aliphatic heterocycles. The van der Waals surface area contributed by atoms with Gasteiger partial charge in [-0.25, -0.2) is 14.3 Å². The fourth-order valence-electron chi connectivity index (χ4n) is 2.40. The maximum atomic E-state index is 13.0. The van der Waals surface area contributed by atoms with Gasteiger partial charge in [0, 0.05) is 16.7 Å². The second-order valence-electron chi connectivity index (χ2n) is 5.23. The van der Waals surface area contributed by atoms with Crippen molar-refractivity contribution in [3.05, 3.63) is 57.0 Å². The summed E-state index contributed by atoms with van der Waals surface area (Å²) in [5.41, 5.74) is -2.60. The normalized spacial score (nSPS) is 11.7. The third-order valence-corrected chi connectivity index (χ3v) is 3.77. The summed E-state index contributed by atoms with van der Waals surface area (Å²) in [4.78, 5) is 27.9. The summed E-state index contributed by atoms with van der Waals surface area (Å²) in [6, 6.07) is 6.52.